The maximum absolute atomic E-state index is 14.8. The fraction of sp³-hybridized carbons (Fsp3) is 0.161. The molecule has 0 radical (unpaired) electrons. The van der Waals surface area contributed by atoms with Crippen molar-refractivity contribution in [2.45, 2.75) is 25.9 Å². The van der Waals surface area contributed by atoms with Crippen LogP contribution in [0.15, 0.2) is 91.5 Å². The van der Waals surface area contributed by atoms with E-state index in [1.807, 2.05) is 24.3 Å². The van der Waals surface area contributed by atoms with Crippen molar-refractivity contribution in [3.8, 4) is 28.0 Å². The van der Waals surface area contributed by atoms with E-state index in [2.05, 4.69) is 6.58 Å². The lowest BCUT2D eigenvalue weighted by Gasteiger charge is -2.11. The molecular formula is C31H27F3O2. The number of halogens is 3. The molecule has 184 valence electrons. The minimum absolute atomic E-state index is 0.173. The van der Waals surface area contributed by atoms with E-state index in [-0.39, 0.29) is 17.9 Å². The van der Waals surface area contributed by atoms with Gasteiger partial charge >= 0.3 is 0 Å². The van der Waals surface area contributed by atoms with Gasteiger partial charge in [-0.05, 0) is 65.3 Å². The van der Waals surface area contributed by atoms with E-state index < -0.39 is 23.6 Å². The Morgan fingerprint density at radius 1 is 0.806 bits per heavy atom. The minimum Gasteiger partial charge on any atom is -0.486 e. The number of aliphatic hydroxyl groups is 1. The van der Waals surface area contributed by atoms with Gasteiger partial charge in [0.1, 0.15) is 6.61 Å². The van der Waals surface area contributed by atoms with Crippen LogP contribution in [-0.2, 0) is 12.8 Å². The van der Waals surface area contributed by atoms with Gasteiger partial charge < -0.3 is 9.84 Å². The predicted octanol–water partition coefficient (Wildman–Crippen LogP) is 7.84. The van der Waals surface area contributed by atoms with E-state index in [0.29, 0.717) is 29.5 Å². The number of benzene rings is 4. The van der Waals surface area contributed by atoms with Crippen LogP contribution >= 0.6 is 0 Å². The Bertz CT molecular complexity index is 1340. The van der Waals surface area contributed by atoms with E-state index in [4.69, 9.17) is 4.74 Å². The smallest absolute Gasteiger partial charge is 0.166 e. The molecule has 0 bridgehead atoms. The number of hydrogen-bond acceptors (Lipinski definition) is 2. The van der Waals surface area contributed by atoms with E-state index in [0.717, 1.165) is 16.7 Å². The second-order valence-electron chi connectivity index (χ2n) is 8.64. The van der Waals surface area contributed by atoms with E-state index in [1.165, 1.54) is 6.07 Å². The standard InChI is InChI=1S/C31H27F3O2/c1-3-18-36-29-17-15-26(19-28(29)32)23-7-4-21(5-8-23)6-9-25-14-16-27(31(34)30(25)33)24-12-10-22(11-13-24)20(2)35/h3-5,7-8,10-17,19-20,35H,1,6,9,18H2,2H3. The molecule has 0 aliphatic heterocycles. The molecule has 4 rings (SSSR count). The molecule has 0 saturated carbocycles. The molecule has 4 aromatic rings. The van der Waals surface area contributed by atoms with Crippen LogP contribution in [0, 0.1) is 17.5 Å². The van der Waals surface area contributed by atoms with Crippen LogP contribution in [0.5, 0.6) is 5.75 Å². The highest BCUT2D eigenvalue weighted by Crippen LogP contribution is 2.29. The van der Waals surface area contributed by atoms with Crippen LogP contribution in [0.2, 0.25) is 0 Å². The van der Waals surface area contributed by atoms with Crippen LogP contribution in [0.25, 0.3) is 22.3 Å². The Hall–Kier alpha value is -3.83. The lowest BCUT2D eigenvalue weighted by Crippen LogP contribution is -2.00. The zero-order chi connectivity index (χ0) is 25.7. The Morgan fingerprint density at radius 2 is 1.47 bits per heavy atom. The molecule has 5 heteroatoms. The van der Waals surface area contributed by atoms with Gasteiger partial charge in [-0.15, -0.1) is 0 Å². The summed E-state index contributed by atoms with van der Waals surface area (Å²) in [5.41, 5.74) is 4.27. The molecule has 0 fully saturated rings. The van der Waals surface area contributed by atoms with E-state index in [9.17, 15) is 18.3 Å². The lowest BCUT2D eigenvalue weighted by molar-refractivity contribution is 0.199. The summed E-state index contributed by atoms with van der Waals surface area (Å²) in [5.74, 6) is -2.00. The maximum atomic E-state index is 14.8. The van der Waals surface area contributed by atoms with Gasteiger partial charge in [-0.25, -0.2) is 13.2 Å². The molecule has 0 aliphatic carbocycles. The third-order valence-corrected chi connectivity index (χ3v) is 6.13. The molecular weight excluding hydrogens is 461 g/mol. The van der Waals surface area contributed by atoms with Crippen LogP contribution in [0.3, 0.4) is 0 Å². The molecule has 0 aliphatic rings. The minimum atomic E-state index is -0.879. The van der Waals surface area contributed by atoms with Gasteiger partial charge in [0.15, 0.2) is 23.2 Å². The van der Waals surface area contributed by atoms with Gasteiger partial charge in [-0.2, -0.15) is 0 Å². The van der Waals surface area contributed by atoms with Gasteiger partial charge in [-0.3, -0.25) is 0 Å². The fourth-order valence-corrected chi connectivity index (χ4v) is 4.04. The lowest BCUT2D eigenvalue weighted by atomic mass is 9.97. The first-order valence-corrected chi connectivity index (χ1v) is 11.7. The molecule has 36 heavy (non-hydrogen) atoms. The van der Waals surface area contributed by atoms with Crippen molar-refractivity contribution in [3.05, 3.63) is 126 Å². The Labute approximate surface area is 209 Å². The topological polar surface area (TPSA) is 29.5 Å². The third-order valence-electron chi connectivity index (χ3n) is 6.13. The first-order valence-electron chi connectivity index (χ1n) is 11.7. The van der Waals surface area contributed by atoms with Crippen molar-refractivity contribution in [2.24, 2.45) is 0 Å². The molecule has 1 unspecified atom stereocenters. The quantitative estimate of drug-likeness (QED) is 0.243. The van der Waals surface area contributed by atoms with Crippen molar-refractivity contribution < 1.29 is 23.0 Å². The fourth-order valence-electron chi connectivity index (χ4n) is 4.04. The number of aliphatic hydroxyl groups excluding tert-OH is 1. The molecule has 0 aromatic heterocycles. The average molecular weight is 489 g/mol. The zero-order valence-electron chi connectivity index (χ0n) is 20.0. The summed E-state index contributed by atoms with van der Waals surface area (Å²) < 4.78 is 49.2. The number of aryl methyl sites for hydroxylation is 2. The summed E-state index contributed by atoms with van der Waals surface area (Å²) in [4.78, 5) is 0. The summed E-state index contributed by atoms with van der Waals surface area (Å²) in [6.07, 6.45) is 1.80. The Morgan fingerprint density at radius 3 is 2.11 bits per heavy atom. The van der Waals surface area contributed by atoms with Crippen LogP contribution in [-0.4, -0.2) is 11.7 Å². The van der Waals surface area contributed by atoms with Crippen LogP contribution in [0.1, 0.15) is 29.7 Å². The molecule has 0 spiro atoms. The molecule has 1 atom stereocenters. The van der Waals surface area contributed by atoms with Crippen LogP contribution < -0.4 is 4.74 Å². The highest BCUT2D eigenvalue weighted by Gasteiger charge is 2.15. The Kier molecular flexibility index (Phi) is 7.91. The van der Waals surface area contributed by atoms with Crippen molar-refractivity contribution in [1.82, 2.24) is 0 Å². The third kappa shape index (κ3) is 5.69. The highest BCUT2D eigenvalue weighted by molar-refractivity contribution is 5.66. The summed E-state index contributed by atoms with van der Waals surface area (Å²) >= 11 is 0. The summed E-state index contributed by atoms with van der Waals surface area (Å²) in [6.45, 7) is 5.43. The molecule has 0 heterocycles. The van der Waals surface area contributed by atoms with Gasteiger partial charge in [0.2, 0.25) is 0 Å². The monoisotopic (exact) mass is 488 g/mol. The number of ether oxygens (including phenoxy) is 1. The first kappa shape index (κ1) is 25.3. The van der Waals surface area contributed by atoms with Crippen molar-refractivity contribution in [2.75, 3.05) is 6.61 Å². The van der Waals surface area contributed by atoms with Crippen molar-refractivity contribution in [3.63, 3.8) is 0 Å². The van der Waals surface area contributed by atoms with Crippen molar-refractivity contribution >= 4 is 0 Å². The molecule has 2 nitrogen and oxygen atoms in total. The normalized spacial score (nSPS) is 11.8. The highest BCUT2D eigenvalue weighted by atomic mass is 19.2. The Balaban J connectivity index is 1.44. The molecule has 0 saturated heterocycles. The van der Waals surface area contributed by atoms with Gasteiger partial charge in [0.25, 0.3) is 0 Å². The van der Waals surface area contributed by atoms with Crippen molar-refractivity contribution in [1.29, 1.82) is 0 Å². The van der Waals surface area contributed by atoms with Gasteiger partial charge in [0, 0.05) is 5.56 Å². The van der Waals surface area contributed by atoms with Gasteiger partial charge in [0.05, 0.1) is 6.10 Å². The van der Waals surface area contributed by atoms with Gasteiger partial charge in [-0.1, -0.05) is 79.4 Å². The van der Waals surface area contributed by atoms with E-state index >= 15 is 0 Å². The van der Waals surface area contributed by atoms with E-state index in [1.54, 1.807) is 61.5 Å². The molecule has 0 amide bonds. The SMILES string of the molecule is C=CCOc1ccc(-c2ccc(CCc3ccc(-c4ccc(C(C)O)cc4)c(F)c3F)cc2)cc1F. The predicted molar refractivity (Wildman–Crippen MR) is 137 cm³/mol. The maximum Gasteiger partial charge on any atom is 0.166 e. The largest absolute Gasteiger partial charge is 0.486 e. The average Bonchev–Trinajstić information content (AvgIpc) is 2.89. The molecule has 4 aromatic carbocycles. The summed E-state index contributed by atoms with van der Waals surface area (Å²) in [6, 6.07) is 22.3. The number of rotatable bonds is 9. The van der Waals surface area contributed by atoms with Crippen LogP contribution in [0.4, 0.5) is 13.2 Å². The number of hydrogen-bond donors (Lipinski definition) is 1. The zero-order valence-corrected chi connectivity index (χ0v) is 20.0. The second-order valence-corrected chi connectivity index (χ2v) is 8.64. The first-order chi connectivity index (χ1) is 17.4. The second kappa shape index (κ2) is 11.3. The molecule has 1 N–H and O–H groups in total. The summed E-state index contributed by atoms with van der Waals surface area (Å²) in [5, 5.41) is 9.64. The summed E-state index contributed by atoms with van der Waals surface area (Å²) in [7, 11) is 0.